The van der Waals surface area contributed by atoms with Gasteiger partial charge in [-0.05, 0) is 43.9 Å². The zero-order chi connectivity index (χ0) is 16.2. The Bertz CT molecular complexity index is 550. The molecule has 0 aromatic rings. The second-order valence-electron chi connectivity index (χ2n) is 5.92. The van der Waals surface area contributed by atoms with E-state index in [0.717, 1.165) is 43.1 Å². The third kappa shape index (κ3) is 4.09. The molecule has 0 aromatic carbocycles. The van der Waals surface area contributed by atoms with E-state index in [1.54, 1.807) is 5.01 Å². The van der Waals surface area contributed by atoms with Gasteiger partial charge in [-0.3, -0.25) is 9.59 Å². The first-order chi connectivity index (χ1) is 11.2. The summed E-state index contributed by atoms with van der Waals surface area (Å²) in [6.45, 7) is 3.75. The molecule has 6 nitrogen and oxygen atoms in total. The van der Waals surface area contributed by atoms with Crippen molar-refractivity contribution >= 4 is 44.9 Å². The predicted molar refractivity (Wildman–Crippen MR) is 95.5 cm³/mol. The maximum absolute atomic E-state index is 12.5. The van der Waals surface area contributed by atoms with Gasteiger partial charge in [0.1, 0.15) is 0 Å². The van der Waals surface area contributed by atoms with Crippen LogP contribution in [0.15, 0.2) is 10.1 Å². The molecule has 0 N–H and O–H groups in total. The van der Waals surface area contributed by atoms with E-state index in [1.165, 1.54) is 29.9 Å². The molecule has 0 aromatic heterocycles. The Balaban J connectivity index is 1.54. The molecule has 0 saturated carbocycles. The lowest BCUT2D eigenvalue weighted by Crippen LogP contribution is -2.44. The highest BCUT2D eigenvalue weighted by atomic mass is 32.2. The Kier molecular flexibility index (Phi) is 5.63. The van der Waals surface area contributed by atoms with Gasteiger partial charge in [-0.2, -0.15) is 10.1 Å². The molecule has 0 radical (unpaired) electrons. The second-order valence-corrected chi connectivity index (χ2v) is 8.09. The van der Waals surface area contributed by atoms with Crippen molar-refractivity contribution in [2.24, 2.45) is 10.1 Å². The van der Waals surface area contributed by atoms with E-state index in [9.17, 15) is 9.59 Å². The highest BCUT2D eigenvalue weighted by Crippen LogP contribution is 2.30. The normalized spacial score (nSPS) is 24.9. The Morgan fingerprint density at radius 2 is 2.22 bits per heavy atom. The van der Waals surface area contributed by atoms with Crippen LogP contribution in [0.1, 0.15) is 45.4 Å². The quantitative estimate of drug-likeness (QED) is 0.779. The molecule has 0 aliphatic carbocycles. The minimum absolute atomic E-state index is 0.0772. The van der Waals surface area contributed by atoms with Gasteiger partial charge in [0.05, 0.1) is 5.75 Å². The van der Waals surface area contributed by atoms with Gasteiger partial charge in [-0.25, -0.2) is 5.01 Å². The number of hydrogen-bond donors (Lipinski definition) is 0. The largest absolute Gasteiger partial charge is 0.339 e. The van der Waals surface area contributed by atoms with Gasteiger partial charge in [-0.1, -0.05) is 18.7 Å². The number of rotatable bonds is 3. The molecule has 3 rings (SSSR count). The standard InChI is InChI=1S/C15H22N4O2S2/c1-2-11-6-3-4-8-18(11)13(21)10-22-15-17-19-9-5-7-12(20)16-14(19)23-15/h11H,2-10H2,1H3/t11-/m1/s1. The van der Waals surface area contributed by atoms with Gasteiger partial charge in [0.2, 0.25) is 11.8 Å². The van der Waals surface area contributed by atoms with Crippen molar-refractivity contribution in [3.63, 3.8) is 0 Å². The molecular formula is C15H22N4O2S2. The first-order valence-corrected chi connectivity index (χ1v) is 10.1. The first-order valence-electron chi connectivity index (χ1n) is 8.25. The minimum Gasteiger partial charge on any atom is -0.339 e. The third-order valence-corrected chi connectivity index (χ3v) is 6.38. The van der Waals surface area contributed by atoms with Crippen LogP contribution in [-0.2, 0) is 9.59 Å². The summed E-state index contributed by atoms with van der Waals surface area (Å²) >= 11 is 2.86. The van der Waals surface area contributed by atoms with Crippen molar-refractivity contribution in [3.8, 4) is 0 Å². The number of amidine groups is 1. The van der Waals surface area contributed by atoms with Gasteiger partial charge in [-0.15, -0.1) is 0 Å². The molecule has 3 heterocycles. The number of piperidine rings is 1. The minimum atomic E-state index is -0.0772. The van der Waals surface area contributed by atoms with Crippen molar-refractivity contribution in [3.05, 3.63) is 0 Å². The summed E-state index contributed by atoms with van der Waals surface area (Å²) in [4.78, 5) is 30.1. The lowest BCUT2D eigenvalue weighted by molar-refractivity contribution is -0.132. The van der Waals surface area contributed by atoms with Crippen LogP contribution in [0.3, 0.4) is 0 Å². The summed E-state index contributed by atoms with van der Waals surface area (Å²) in [7, 11) is 0. The first kappa shape index (κ1) is 16.8. The number of carbonyl (C=O) groups is 2. The van der Waals surface area contributed by atoms with Crippen molar-refractivity contribution in [2.75, 3.05) is 18.8 Å². The van der Waals surface area contributed by atoms with Crippen LogP contribution in [0.2, 0.25) is 0 Å². The molecule has 3 aliphatic heterocycles. The number of likely N-dealkylation sites (tertiary alicyclic amines) is 1. The molecule has 1 saturated heterocycles. The molecule has 0 bridgehead atoms. The topological polar surface area (TPSA) is 65.3 Å². The summed E-state index contributed by atoms with van der Waals surface area (Å²) in [5, 5.41) is 6.93. The van der Waals surface area contributed by atoms with Crippen molar-refractivity contribution < 1.29 is 9.59 Å². The molecule has 3 aliphatic rings. The van der Waals surface area contributed by atoms with Crippen LogP contribution in [0.4, 0.5) is 0 Å². The maximum atomic E-state index is 12.5. The highest BCUT2D eigenvalue weighted by molar-refractivity contribution is 8.45. The van der Waals surface area contributed by atoms with Crippen LogP contribution in [0.5, 0.6) is 0 Å². The fourth-order valence-electron chi connectivity index (χ4n) is 3.08. The van der Waals surface area contributed by atoms with E-state index < -0.39 is 0 Å². The zero-order valence-electron chi connectivity index (χ0n) is 13.4. The van der Waals surface area contributed by atoms with Gasteiger partial charge >= 0.3 is 0 Å². The average Bonchev–Trinajstić information content (AvgIpc) is 2.85. The number of fused-ring (bicyclic) bond motifs is 1. The number of amides is 2. The van der Waals surface area contributed by atoms with Crippen LogP contribution >= 0.6 is 23.5 Å². The lowest BCUT2D eigenvalue weighted by atomic mass is 10.0. The predicted octanol–water partition coefficient (Wildman–Crippen LogP) is 2.51. The molecule has 2 amide bonds. The lowest BCUT2D eigenvalue weighted by Gasteiger charge is -2.35. The summed E-state index contributed by atoms with van der Waals surface area (Å²) in [6, 6.07) is 0.395. The average molecular weight is 355 g/mol. The number of hydrazone groups is 1. The van der Waals surface area contributed by atoms with E-state index in [2.05, 4.69) is 17.0 Å². The number of carbonyl (C=O) groups excluding carboxylic acids is 2. The van der Waals surface area contributed by atoms with Gasteiger partial charge in [0.25, 0.3) is 0 Å². The number of aliphatic imine (C=N–C) groups is 1. The second kappa shape index (κ2) is 7.70. The van der Waals surface area contributed by atoms with E-state index in [1.807, 2.05) is 4.90 Å². The SMILES string of the molecule is CC[C@@H]1CCCCN1C(=O)CSC1=NN2CCCC(=O)N=C2S1. The number of hydrogen-bond acceptors (Lipinski definition) is 6. The van der Waals surface area contributed by atoms with Crippen molar-refractivity contribution in [2.45, 2.75) is 51.5 Å². The Labute approximate surface area is 145 Å². The molecule has 1 atom stereocenters. The molecule has 0 unspecified atom stereocenters. The van der Waals surface area contributed by atoms with E-state index in [0.29, 0.717) is 23.4 Å². The Morgan fingerprint density at radius 3 is 3.04 bits per heavy atom. The molecule has 126 valence electrons. The molecule has 23 heavy (non-hydrogen) atoms. The van der Waals surface area contributed by atoms with E-state index in [-0.39, 0.29) is 11.8 Å². The third-order valence-electron chi connectivity index (χ3n) is 4.32. The fraction of sp³-hybridized carbons (Fsp3) is 0.733. The van der Waals surface area contributed by atoms with Crippen LogP contribution in [0, 0.1) is 0 Å². The van der Waals surface area contributed by atoms with Gasteiger partial charge < -0.3 is 4.90 Å². The van der Waals surface area contributed by atoms with Crippen LogP contribution < -0.4 is 0 Å². The number of nitrogens with zero attached hydrogens (tertiary/aromatic N) is 4. The van der Waals surface area contributed by atoms with Gasteiger partial charge in [0.15, 0.2) is 9.54 Å². The van der Waals surface area contributed by atoms with Crippen LogP contribution in [0.25, 0.3) is 0 Å². The fourth-order valence-corrected chi connectivity index (χ4v) is 4.97. The van der Waals surface area contributed by atoms with Crippen LogP contribution in [-0.4, -0.2) is 56.2 Å². The number of thioether (sulfide) groups is 2. The zero-order valence-corrected chi connectivity index (χ0v) is 15.0. The van der Waals surface area contributed by atoms with E-state index >= 15 is 0 Å². The van der Waals surface area contributed by atoms with Crippen molar-refractivity contribution in [1.29, 1.82) is 0 Å². The van der Waals surface area contributed by atoms with Crippen molar-refractivity contribution in [1.82, 2.24) is 9.91 Å². The van der Waals surface area contributed by atoms with E-state index in [4.69, 9.17) is 0 Å². The molecule has 1 fully saturated rings. The monoisotopic (exact) mass is 354 g/mol. The summed E-state index contributed by atoms with van der Waals surface area (Å²) in [5.41, 5.74) is 0. The molecule has 8 heteroatoms. The molecule has 0 spiro atoms. The summed E-state index contributed by atoms with van der Waals surface area (Å²) in [5.74, 6) is 0.536. The molecular weight excluding hydrogens is 332 g/mol. The smallest absolute Gasteiger partial charge is 0.248 e. The summed E-state index contributed by atoms with van der Waals surface area (Å²) in [6.07, 6.45) is 5.74. The maximum Gasteiger partial charge on any atom is 0.248 e. The Hall–Kier alpha value is -1.02. The highest BCUT2D eigenvalue weighted by Gasteiger charge is 2.29. The van der Waals surface area contributed by atoms with Gasteiger partial charge in [0, 0.05) is 25.6 Å². The summed E-state index contributed by atoms with van der Waals surface area (Å²) < 4.78 is 0.817. The Morgan fingerprint density at radius 1 is 1.35 bits per heavy atom.